The van der Waals surface area contributed by atoms with Gasteiger partial charge in [-0.3, -0.25) is 14.9 Å². The molecule has 0 spiro atoms. The van der Waals surface area contributed by atoms with Gasteiger partial charge in [0.1, 0.15) is 5.75 Å². The molecule has 120 valence electrons. The third-order valence-electron chi connectivity index (χ3n) is 2.71. The molecule has 0 aliphatic rings. The predicted molar refractivity (Wildman–Crippen MR) is 87.5 cm³/mol. The number of amides is 1. The Morgan fingerprint density at radius 3 is 2.35 bits per heavy atom. The van der Waals surface area contributed by atoms with Crippen LogP contribution in [0.5, 0.6) is 5.75 Å². The number of carbonyl (C=O) groups excluding carboxylic acids is 1. The van der Waals surface area contributed by atoms with E-state index in [2.05, 4.69) is 5.32 Å². The van der Waals surface area contributed by atoms with E-state index in [0.717, 1.165) is 6.21 Å². The second kappa shape index (κ2) is 8.50. The summed E-state index contributed by atoms with van der Waals surface area (Å²) >= 11 is 5.58. The van der Waals surface area contributed by atoms with Crippen molar-refractivity contribution in [1.29, 1.82) is 5.41 Å². The van der Waals surface area contributed by atoms with Crippen molar-refractivity contribution in [2.75, 3.05) is 7.05 Å². The van der Waals surface area contributed by atoms with Crippen LogP contribution >= 0.6 is 11.6 Å². The van der Waals surface area contributed by atoms with Crippen LogP contribution in [-0.4, -0.2) is 29.2 Å². The lowest BCUT2D eigenvalue weighted by atomic mass is 10.2. The number of phenolic OH excluding ortho intramolecular Hbond substituents is 1. The van der Waals surface area contributed by atoms with Crippen LogP contribution < -0.4 is 5.32 Å². The Bertz CT molecular complexity index is 717. The molecule has 2 aromatic carbocycles. The van der Waals surface area contributed by atoms with Gasteiger partial charge in [0, 0.05) is 41.5 Å². The molecule has 0 aromatic heterocycles. The van der Waals surface area contributed by atoms with Crippen molar-refractivity contribution in [3.05, 3.63) is 68.7 Å². The zero-order chi connectivity index (χ0) is 17.4. The van der Waals surface area contributed by atoms with Gasteiger partial charge in [0.05, 0.1) is 4.92 Å². The average Bonchev–Trinajstić information content (AvgIpc) is 2.57. The van der Waals surface area contributed by atoms with Crippen LogP contribution in [0.2, 0.25) is 5.02 Å². The highest BCUT2D eigenvalue weighted by atomic mass is 35.5. The number of non-ortho nitro benzene ring substituents is 1. The molecule has 7 nitrogen and oxygen atoms in total. The molecule has 8 heteroatoms. The molecule has 0 unspecified atom stereocenters. The van der Waals surface area contributed by atoms with Gasteiger partial charge in [-0.25, -0.2) is 0 Å². The van der Waals surface area contributed by atoms with Gasteiger partial charge in [-0.2, -0.15) is 0 Å². The number of nitro groups is 1. The fraction of sp³-hybridized carbons (Fsp3) is 0.0667. The van der Waals surface area contributed by atoms with E-state index >= 15 is 0 Å². The third-order valence-corrected chi connectivity index (χ3v) is 2.95. The van der Waals surface area contributed by atoms with Crippen LogP contribution in [0, 0.1) is 15.5 Å². The first-order chi connectivity index (χ1) is 10.9. The Balaban J connectivity index is 0.000000238. The summed E-state index contributed by atoms with van der Waals surface area (Å²) < 4.78 is 0. The second-order valence-corrected chi connectivity index (χ2v) is 4.67. The summed E-state index contributed by atoms with van der Waals surface area (Å²) in [7, 11) is 1.50. The Hall–Kier alpha value is -2.93. The van der Waals surface area contributed by atoms with Crippen molar-refractivity contribution in [2.45, 2.75) is 0 Å². The molecule has 1 amide bonds. The van der Waals surface area contributed by atoms with Crippen molar-refractivity contribution in [3.8, 4) is 5.75 Å². The van der Waals surface area contributed by atoms with Gasteiger partial charge < -0.3 is 15.8 Å². The number of aromatic hydroxyl groups is 1. The summed E-state index contributed by atoms with van der Waals surface area (Å²) in [6.07, 6.45) is 1.06. The number of hydrogen-bond donors (Lipinski definition) is 3. The molecule has 0 aliphatic heterocycles. The first kappa shape index (κ1) is 18.1. The maximum atomic E-state index is 11.0. The molecular weight excluding hydrogens is 322 g/mol. The zero-order valence-electron chi connectivity index (χ0n) is 12.1. The van der Waals surface area contributed by atoms with Gasteiger partial charge in [0.25, 0.3) is 11.6 Å². The zero-order valence-corrected chi connectivity index (χ0v) is 12.9. The number of nitrogens with one attached hydrogen (secondary N) is 2. The number of hydrogen-bond acceptors (Lipinski definition) is 5. The van der Waals surface area contributed by atoms with E-state index < -0.39 is 4.92 Å². The number of phenols is 1. The molecule has 0 aliphatic carbocycles. The van der Waals surface area contributed by atoms with Crippen LogP contribution in [0.4, 0.5) is 5.69 Å². The SMILES string of the molecule is CNC(=O)c1ccc([N+](=O)[O-])cc1.N=Cc1cc(Cl)ccc1O. The molecule has 0 bridgehead atoms. The minimum absolute atomic E-state index is 0.0207. The van der Waals surface area contributed by atoms with Gasteiger partial charge in [-0.15, -0.1) is 0 Å². The lowest BCUT2D eigenvalue weighted by molar-refractivity contribution is -0.384. The first-order valence-corrected chi connectivity index (χ1v) is 6.72. The number of nitro benzene ring substituents is 1. The fourth-order valence-corrected chi connectivity index (χ4v) is 1.70. The normalized spacial score (nSPS) is 9.30. The first-order valence-electron chi connectivity index (χ1n) is 6.34. The molecule has 0 fully saturated rings. The number of rotatable bonds is 3. The second-order valence-electron chi connectivity index (χ2n) is 4.23. The Labute approximate surface area is 137 Å². The summed E-state index contributed by atoms with van der Waals surface area (Å²) in [5, 5.41) is 29.1. The largest absolute Gasteiger partial charge is 0.507 e. The lowest BCUT2D eigenvalue weighted by Gasteiger charge is -1.97. The lowest BCUT2D eigenvalue weighted by Crippen LogP contribution is -2.17. The molecule has 2 aromatic rings. The topological polar surface area (TPSA) is 116 Å². The predicted octanol–water partition coefficient (Wildman–Crippen LogP) is 3.00. The van der Waals surface area contributed by atoms with Crippen molar-refractivity contribution in [3.63, 3.8) is 0 Å². The molecular formula is C15H14ClN3O4. The van der Waals surface area contributed by atoms with Crippen LogP contribution in [-0.2, 0) is 0 Å². The molecule has 0 radical (unpaired) electrons. The summed E-state index contributed by atoms with van der Waals surface area (Å²) in [6, 6.07) is 9.99. The van der Waals surface area contributed by atoms with E-state index in [1.807, 2.05) is 0 Å². The standard InChI is InChI=1S/C8H8N2O3.C7H6ClNO/c1-9-8(11)6-2-4-7(5-3-6)10(12)13;8-6-1-2-7(10)5(3-6)4-9/h2-5H,1H3,(H,9,11);1-4,9-10H. The highest BCUT2D eigenvalue weighted by molar-refractivity contribution is 6.30. The summed E-state index contributed by atoms with van der Waals surface area (Å²) in [5.74, 6) is -0.172. The van der Waals surface area contributed by atoms with Crippen molar-refractivity contribution in [2.24, 2.45) is 0 Å². The van der Waals surface area contributed by atoms with Gasteiger partial charge in [-0.1, -0.05) is 11.6 Å². The summed E-state index contributed by atoms with van der Waals surface area (Å²) in [5.41, 5.74) is 0.827. The van der Waals surface area contributed by atoms with E-state index in [4.69, 9.17) is 22.1 Å². The molecule has 0 heterocycles. The highest BCUT2D eigenvalue weighted by Crippen LogP contribution is 2.19. The van der Waals surface area contributed by atoms with Crippen molar-refractivity contribution in [1.82, 2.24) is 5.32 Å². The minimum atomic E-state index is -0.506. The van der Waals surface area contributed by atoms with Crippen LogP contribution in [0.1, 0.15) is 15.9 Å². The monoisotopic (exact) mass is 335 g/mol. The van der Waals surface area contributed by atoms with Crippen molar-refractivity contribution >= 4 is 29.4 Å². The number of benzene rings is 2. The molecule has 0 saturated heterocycles. The Kier molecular flexibility index (Phi) is 6.69. The van der Waals surface area contributed by atoms with Gasteiger partial charge in [0.2, 0.25) is 0 Å². The van der Waals surface area contributed by atoms with Gasteiger partial charge >= 0.3 is 0 Å². The van der Waals surface area contributed by atoms with Crippen LogP contribution in [0.3, 0.4) is 0 Å². The summed E-state index contributed by atoms with van der Waals surface area (Å²) in [4.78, 5) is 20.8. The van der Waals surface area contributed by atoms with Crippen LogP contribution in [0.25, 0.3) is 0 Å². The molecule has 0 atom stereocenters. The summed E-state index contributed by atoms with van der Waals surface area (Å²) in [6.45, 7) is 0. The van der Waals surface area contributed by atoms with E-state index in [1.165, 1.54) is 43.4 Å². The van der Waals surface area contributed by atoms with Crippen LogP contribution in [0.15, 0.2) is 42.5 Å². The number of nitrogens with zero attached hydrogens (tertiary/aromatic N) is 1. The third kappa shape index (κ3) is 5.40. The Morgan fingerprint density at radius 1 is 1.30 bits per heavy atom. The number of carbonyl (C=O) groups is 1. The maximum Gasteiger partial charge on any atom is 0.269 e. The smallest absolute Gasteiger partial charge is 0.269 e. The maximum absolute atomic E-state index is 11.0. The molecule has 3 N–H and O–H groups in total. The molecule has 2 rings (SSSR count). The average molecular weight is 336 g/mol. The molecule has 0 saturated carbocycles. The van der Waals surface area contributed by atoms with E-state index in [9.17, 15) is 14.9 Å². The quantitative estimate of drug-likeness (QED) is 0.454. The molecule has 23 heavy (non-hydrogen) atoms. The Morgan fingerprint density at radius 2 is 1.91 bits per heavy atom. The van der Waals surface area contributed by atoms with Gasteiger partial charge in [-0.05, 0) is 30.3 Å². The van der Waals surface area contributed by atoms with E-state index in [-0.39, 0.29) is 17.3 Å². The minimum Gasteiger partial charge on any atom is -0.507 e. The van der Waals surface area contributed by atoms with E-state index in [1.54, 1.807) is 6.07 Å². The number of halogens is 1. The fourth-order valence-electron chi connectivity index (χ4n) is 1.52. The highest BCUT2D eigenvalue weighted by Gasteiger charge is 2.07. The van der Waals surface area contributed by atoms with Gasteiger partial charge in [0.15, 0.2) is 0 Å². The van der Waals surface area contributed by atoms with Crippen molar-refractivity contribution < 1.29 is 14.8 Å². The van der Waals surface area contributed by atoms with E-state index in [0.29, 0.717) is 16.1 Å².